The first-order chi connectivity index (χ1) is 12.1. The van der Waals surface area contributed by atoms with Crippen LogP contribution in [0.2, 0.25) is 0 Å². The maximum atomic E-state index is 12.6. The van der Waals surface area contributed by atoms with E-state index in [1.165, 1.54) is 0 Å². The second-order valence-electron chi connectivity index (χ2n) is 6.15. The van der Waals surface area contributed by atoms with Crippen molar-refractivity contribution in [3.63, 3.8) is 0 Å². The predicted molar refractivity (Wildman–Crippen MR) is 92.8 cm³/mol. The molecule has 1 aromatic carbocycles. The molecule has 1 aromatic heterocycles. The molecule has 1 N–H and O–H groups in total. The number of aromatic nitrogens is 1. The van der Waals surface area contributed by atoms with Crippen molar-refractivity contribution in [3.05, 3.63) is 65.5 Å². The zero-order valence-corrected chi connectivity index (χ0v) is 14.3. The molecule has 130 valence electrons. The van der Waals surface area contributed by atoms with Gasteiger partial charge in [-0.05, 0) is 29.3 Å². The molecule has 2 heterocycles. The fraction of sp³-hybridized carbons (Fsp3) is 0.316. The smallest absolute Gasteiger partial charge is 0.251 e. The summed E-state index contributed by atoms with van der Waals surface area (Å²) in [4.78, 5) is 30.5. The Labute approximate surface area is 146 Å². The van der Waals surface area contributed by atoms with Gasteiger partial charge in [0, 0.05) is 38.5 Å². The van der Waals surface area contributed by atoms with Crippen LogP contribution < -0.4 is 5.32 Å². The number of nitrogens with zero attached hydrogens (tertiary/aromatic N) is 2. The molecule has 2 amide bonds. The van der Waals surface area contributed by atoms with E-state index in [2.05, 4.69) is 10.3 Å². The molecule has 1 fully saturated rings. The molecular formula is C19H21N3O3. The Bertz CT molecular complexity index is 746. The molecule has 1 aliphatic rings. The average Bonchev–Trinajstić information content (AvgIpc) is 2.90. The van der Waals surface area contributed by atoms with Gasteiger partial charge in [0.1, 0.15) is 0 Å². The van der Waals surface area contributed by atoms with Gasteiger partial charge in [0.2, 0.25) is 5.91 Å². The first kappa shape index (κ1) is 17.1. The number of rotatable bonds is 5. The number of ether oxygens (including phenoxy) is 1. The number of amides is 2. The van der Waals surface area contributed by atoms with Crippen LogP contribution in [-0.2, 0) is 16.1 Å². The van der Waals surface area contributed by atoms with E-state index in [0.29, 0.717) is 12.2 Å². The molecule has 0 saturated carbocycles. The van der Waals surface area contributed by atoms with Crippen LogP contribution in [-0.4, -0.2) is 41.9 Å². The summed E-state index contributed by atoms with van der Waals surface area (Å²) in [5.41, 5.74) is 2.48. The van der Waals surface area contributed by atoms with E-state index in [4.69, 9.17) is 4.74 Å². The number of carbonyl (C=O) groups excluding carboxylic acids is 2. The fourth-order valence-electron chi connectivity index (χ4n) is 3.18. The zero-order chi connectivity index (χ0) is 17.8. The average molecular weight is 339 g/mol. The molecule has 3 rings (SSSR count). The van der Waals surface area contributed by atoms with Crippen LogP contribution >= 0.6 is 0 Å². The van der Waals surface area contributed by atoms with Crippen LogP contribution in [0.25, 0.3) is 0 Å². The third kappa shape index (κ3) is 3.69. The first-order valence-electron chi connectivity index (χ1n) is 8.14. The van der Waals surface area contributed by atoms with Crippen molar-refractivity contribution in [1.29, 1.82) is 0 Å². The van der Waals surface area contributed by atoms with Crippen molar-refractivity contribution in [2.45, 2.75) is 25.1 Å². The highest BCUT2D eigenvalue weighted by atomic mass is 16.5. The lowest BCUT2D eigenvalue weighted by atomic mass is 10.0. The Morgan fingerprint density at radius 2 is 2.08 bits per heavy atom. The van der Waals surface area contributed by atoms with Gasteiger partial charge in [-0.1, -0.05) is 18.2 Å². The summed E-state index contributed by atoms with van der Waals surface area (Å²) < 4.78 is 5.07. The minimum Gasteiger partial charge on any atom is -0.380 e. The summed E-state index contributed by atoms with van der Waals surface area (Å²) >= 11 is 0. The van der Waals surface area contributed by atoms with Gasteiger partial charge in [0.05, 0.1) is 18.7 Å². The monoisotopic (exact) mass is 339 g/mol. The normalized spacial score (nSPS) is 19.9. The van der Waals surface area contributed by atoms with E-state index in [1.54, 1.807) is 43.6 Å². The van der Waals surface area contributed by atoms with Gasteiger partial charge < -0.3 is 15.0 Å². The third-order valence-electron chi connectivity index (χ3n) is 4.46. The van der Waals surface area contributed by atoms with Crippen molar-refractivity contribution in [2.75, 3.05) is 14.2 Å². The second kappa shape index (κ2) is 7.44. The van der Waals surface area contributed by atoms with Gasteiger partial charge in [-0.15, -0.1) is 0 Å². The number of likely N-dealkylation sites (N-methyl/N-ethyl adjacent to an activating group) is 1. The highest BCUT2D eigenvalue weighted by Crippen LogP contribution is 2.31. The van der Waals surface area contributed by atoms with Crippen LogP contribution in [0, 0.1) is 0 Å². The maximum Gasteiger partial charge on any atom is 0.251 e. The zero-order valence-electron chi connectivity index (χ0n) is 14.3. The van der Waals surface area contributed by atoms with Gasteiger partial charge in [0.25, 0.3) is 5.91 Å². The van der Waals surface area contributed by atoms with Gasteiger partial charge >= 0.3 is 0 Å². The maximum absolute atomic E-state index is 12.6. The molecule has 1 saturated heterocycles. The van der Waals surface area contributed by atoms with E-state index in [0.717, 1.165) is 11.1 Å². The minimum atomic E-state index is -0.284. The summed E-state index contributed by atoms with van der Waals surface area (Å²) in [6.45, 7) is 0.507. The van der Waals surface area contributed by atoms with Crippen LogP contribution in [0.15, 0.2) is 48.8 Å². The standard InChI is InChI=1S/C19H21N3O3/c1-22-17(23)10-16(18(22)15-4-3-9-20-11-15)21-19(24)14-7-5-13(6-8-14)12-25-2/h3-9,11,16,18H,10,12H2,1-2H3,(H,21,24)/t16-,18+/m1/s1. The number of hydrogen-bond acceptors (Lipinski definition) is 4. The minimum absolute atomic E-state index is 0.00888. The van der Waals surface area contributed by atoms with Crippen molar-refractivity contribution in [3.8, 4) is 0 Å². The molecule has 2 atom stereocenters. The Balaban J connectivity index is 1.76. The van der Waals surface area contributed by atoms with Crippen LogP contribution in [0.4, 0.5) is 0 Å². The van der Waals surface area contributed by atoms with E-state index >= 15 is 0 Å². The van der Waals surface area contributed by atoms with Gasteiger partial charge in [0.15, 0.2) is 0 Å². The molecular weight excluding hydrogens is 318 g/mol. The number of pyridine rings is 1. The SMILES string of the molecule is COCc1ccc(C(=O)N[C@@H]2CC(=O)N(C)[C@H]2c2cccnc2)cc1. The Kier molecular flexibility index (Phi) is 5.09. The number of methoxy groups -OCH3 is 1. The summed E-state index contributed by atoms with van der Waals surface area (Å²) in [5, 5.41) is 3.00. The third-order valence-corrected chi connectivity index (χ3v) is 4.46. The molecule has 6 heteroatoms. The van der Waals surface area contributed by atoms with Crippen LogP contribution in [0.1, 0.15) is 33.9 Å². The number of hydrogen-bond donors (Lipinski definition) is 1. The Morgan fingerprint density at radius 1 is 1.32 bits per heavy atom. The van der Waals surface area contributed by atoms with E-state index in [1.807, 2.05) is 24.3 Å². The first-order valence-corrected chi connectivity index (χ1v) is 8.14. The molecule has 2 aromatic rings. The largest absolute Gasteiger partial charge is 0.380 e. The van der Waals surface area contributed by atoms with Gasteiger partial charge in [-0.2, -0.15) is 0 Å². The quantitative estimate of drug-likeness (QED) is 0.903. The lowest BCUT2D eigenvalue weighted by Crippen LogP contribution is -2.39. The number of carbonyl (C=O) groups is 2. The molecule has 0 unspecified atom stereocenters. The topological polar surface area (TPSA) is 71.5 Å². The Morgan fingerprint density at radius 3 is 2.72 bits per heavy atom. The van der Waals surface area contributed by atoms with Crippen LogP contribution in [0.5, 0.6) is 0 Å². The summed E-state index contributed by atoms with van der Waals surface area (Å²) in [6.07, 6.45) is 3.71. The van der Waals surface area contributed by atoms with Crippen molar-refractivity contribution < 1.29 is 14.3 Å². The van der Waals surface area contributed by atoms with Gasteiger partial charge in [-0.25, -0.2) is 0 Å². The highest BCUT2D eigenvalue weighted by molar-refractivity contribution is 5.95. The van der Waals surface area contributed by atoms with E-state index in [9.17, 15) is 9.59 Å². The fourth-order valence-corrected chi connectivity index (χ4v) is 3.18. The molecule has 0 spiro atoms. The van der Waals surface area contributed by atoms with E-state index in [-0.39, 0.29) is 30.3 Å². The van der Waals surface area contributed by atoms with Crippen molar-refractivity contribution in [1.82, 2.24) is 15.2 Å². The van der Waals surface area contributed by atoms with Crippen molar-refractivity contribution >= 4 is 11.8 Å². The van der Waals surface area contributed by atoms with Crippen LogP contribution in [0.3, 0.4) is 0 Å². The predicted octanol–water partition coefficient (Wildman–Crippen LogP) is 1.93. The highest BCUT2D eigenvalue weighted by Gasteiger charge is 2.39. The van der Waals surface area contributed by atoms with Crippen molar-refractivity contribution in [2.24, 2.45) is 0 Å². The summed E-state index contributed by atoms with van der Waals surface area (Å²) in [6, 6.07) is 10.5. The van der Waals surface area contributed by atoms with E-state index < -0.39 is 0 Å². The molecule has 1 aliphatic heterocycles. The number of nitrogens with one attached hydrogen (secondary N) is 1. The molecule has 0 radical (unpaired) electrons. The Hall–Kier alpha value is -2.73. The summed E-state index contributed by atoms with van der Waals surface area (Å²) in [7, 11) is 3.39. The molecule has 0 bridgehead atoms. The summed E-state index contributed by atoms with van der Waals surface area (Å²) in [5.74, 6) is -0.180. The molecule has 25 heavy (non-hydrogen) atoms. The number of likely N-dealkylation sites (tertiary alicyclic amines) is 1. The van der Waals surface area contributed by atoms with Gasteiger partial charge in [-0.3, -0.25) is 14.6 Å². The lowest BCUT2D eigenvalue weighted by Gasteiger charge is -2.25. The molecule has 6 nitrogen and oxygen atoms in total. The molecule has 0 aliphatic carbocycles. The second-order valence-corrected chi connectivity index (χ2v) is 6.15. The number of benzene rings is 1. The lowest BCUT2D eigenvalue weighted by molar-refractivity contribution is -0.127.